The second-order valence-electron chi connectivity index (χ2n) is 2.45. The number of nitrogens with one attached hydrogen (secondary N) is 1. The monoisotopic (exact) mass is 146 g/mol. The third-order valence-corrected chi connectivity index (χ3v) is 1.59. The minimum Gasteiger partial charge on any atom is -0.394 e. The molecule has 1 aliphatic rings. The van der Waals surface area contributed by atoms with Crippen LogP contribution >= 0.6 is 0 Å². The summed E-state index contributed by atoms with van der Waals surface area (Å²) >= 11 is 0. The molecule has 1 heterocycles. The highest BCUT2D eigenvalue weighted by Gasteiger charge is 2.27. The summed E-state index contributed by atoms with van der Waals surface area (Å²) < 4.78 is 0. The van der Waals surface area contributed by atoms with Gasteiger partial charge >= 0.3 is 0 Å². The maximum atomic E-state index is 8.66. The summed E-state index contributed by atoms with van der Waals surface area (Å²) in [5, 5.41) is 11.7. The van der Waals surface area contributed by atoms with Crippen molar-refractivity contribution in [3.8, 4) is 0 Å². The standard InChI is InChI=1S/C5H12N2O.C2H6/c6-5(4-8)1-2-7-3-5;1-2/h7-8H,1-4,6H2;1-2H3. The summed E-state index contributed by atoms with van der Waals surface area (Å²) in [5.41, 5.74) is 5.33. The molecule has 1 fully saturated rings. The van der Waals surface area contributed by atoms with Crippen molar-refractivity contribution >= 4 is 0 Å². The lowest BCUT2D eigenvalue weighted by molar-refractivity contribution is 0.209. The fourth-order valence-corrected chi connectivity index (χ4v) is 0.898. The predicted molar refractivity (Wildman–Crippen MR) is 42.8 cm³/mol. The highest BCUT2D eigenvalue weighted by atomic mass is 16.3. The molecule has 0 aromatic heterocycles. The van der Waals surface area contributed by atoms with Crippen molar-refractivity contribution in [2.75, 3.05) is 19.7 Å². The Morgan fingerprint density at radius 2 is 2.20 bits per heavy atom. The molecule has 10 heavy (non-hydrogen) atoms. The first-order valence-electron chi connectivity index (χ1n) is 3.87. The number of rotatable bonds is 1. The molecule has 0 saturated carbocycles. The highest BCUT2D eigenvalue weighted by Crippen LogP contribution is 2.08. The van der Waals surface area contributed by atoms with Gasteiger partial charge in [-0.1, -0.05) is 13.8 Å². The van der Waals surface area contributed by atoms with Crippen molar-refractivity contribution in [2.24, 2.45) is 5.73 Å². The van der Waals surface area contributed by atoms with Crippen LogP contribution in [-0.4, -0.2) is 30.3 Å². The van der Waals surface area contributed by atoms with Crippen LogP contribution in [0.25, 0.3) is 0 Å². The van der Waals surface area contributed by atoms with Crippen molar-refractivity contribution in [1.82, 2.24) is 5.32 Å². The van der Waals surface area contributed by atoms with Gasteiger partial charge in [-0.15, -0.1) is 0 Å². The zero-order valence-corrected chi connectivity index (χ0v) is 6.85. The van der Waals surface area contributed by atoms with Gasteiger partial charge in [0.15, 0.2) is 0 Å². The molecule has 0 radical (unpaired) electrons. The van der Waals surface area contributed by atoms with E-state index in [1.807, 2.05) is 13.8 Å². The molecule has 62 valence electrons. The van der Waals surface area contributed by atoms with E-state index < -0.39 is 0 Å². The van der Waals surface area contributed by atoms with Gasteiger partial charge in [0.1, 0.15) is 0 Å². The van der Waals surface area contributed by atoms with E-state index in [4.69, 9.17) is 10.8 Å². The van der Waals surface area contributed by atoms with E-state index in [1.165, 1.54) is 0 Å². The quantitative estimate of drug-likeness (QED) is 0.476. The van der Waals surface area contributed by atoms with Crippen LogP contribution in [0.3, 0.4) is 0 Å². The van der Waals surface area contributed by atoms with Crippen molar-refractivity contribution in [2.45, 2.75) is 25.8 Å². The Hall–Kier alpha value is -0.120. The van der Waals surface area contributed by atoms with Gasteiger partial charge < -0.3 is 16.2 Å². The highest BCUT2D eigenvalue weighted by molar-refractivity contribution is 4.91. The third kappa shape index (κ3) is 2.64. The molecule has 0 aromatic rings. The molecule has 1 rings (SSSR count). The number of nitrogens with two attached hydrogens (primary N) is 1. The van der Waals surface area contributed by atoms with Crippen LogP contribution in [0.5, 0.6) is 0 Å². The summed E-state index contributed by atoms with van der Waals surface area (Å²) in [5.74, 6) is 0. The summed E-state index contributed by atoms with van der Waals surface area (Å²) in [7, 11) is 0. The Kier molecular flexibility index (Phi) is 4.60. The van der Waals surface area contributed by atoms with E-state index in [-0.39, 0.29) is 12.1 Å². The van der Waals surface area contributed by atoms with Crippen LogP contribution in [0.4, 0.5) is 0 Å². The normalized spacial score (nSPS) is 31.2. The van der Waals surface area contributed by atoms with E-state index in [1.54, 1.807) is 0 Å². The molecule has 1 unspecified atom stereocenters. The van der Waals surface area contributed by atoms with Gasteiger partial charge in [-0.05, 0) is 13.0 Å². The largest absolute Gasteiger partial charge is 0.394 e. The summed E-state index contributed by atoms with van der Waals surface area (Å²) in [6.45, 7) is 5.79. The topological polar surface area (TPSA) is 58.3 Å². The number of aliphatic hydroxyl groups excluding tert-OH is 1. The van der Waals surface area contributed by atoms with Crippen molar-refractivity contribution in [1.29, 1.82) is 0 Å². The Labute approximate surface area is 62.6 Å². The van der Waals surface area contributed by atoms with Gasteiger partial charge in [0.05, 0.1) is 12.1 Å². The Morgan fingerprint density at radius 3 is 2.40 bits per heavy atom. The minimum atomic E-state index is -0.319. The summed E-state index contributed by atoms with van der Waals surface area (Å²) in [6.07, 6.45) is 0.892. The van der Waals surface area contributed by atoms with Crippen LogP contribution in [-0.2, 0) is 0 Å². The van der Waals surface area contributed by atoms with Gasteiger partial charge in [-0.2, -0.15) is 0 Å². The Morgan fingerprint density at radius 1 is 1.60 bits per heavy atom. The van der Waals surface area contributed by atoms with E-state index in [0.717, 1.165) is 19.5 Å². The number of hydrogen-bond donors (Lipinski definition) is 3. The molecular weight excluding hydrogens is 128 g/mol. The second kappa shape index (κ2) is 4.66. The first-order chi connectivity index (χ1) is 4.77. The first kappa shape index (κ1) is 9.88. The summed E-state index contributed by atoms with van der Waals surface area (Å²) in [6, 6.07) is 0. The number of aliphatic hydroxyl groups is 1. The van der Waals surface area contributed by atoms with E-state index in [0.29, 0.717) is 0 Å². The zero-order chi connectivity index (χ0) is 8.04. The van der Waals surface area contributed by atoms with E-state index >= 15 is 0 Å². The molecule has 1 saturated heterocycles. The number of hydrogen-bond acceptors (Lipinski definition) is 3. The summed E-state index contributed by atoms with van der Waals surface area (Å²) in [4.78, 5) is 0. The third-order valence-electron chi connectivity index (χ3n) is 1.59. The average Bonchev–Trinajstić information content (AvgIpc) is 2.42. The maximum absolute atomic E-state index is 8.66. The zero-order valence-electron chi connectivity index (χ0n) is 6.85. The first-order valence-corrected chi connectivity index (χ1v) is 3.87. The van der Waals surface area contributed by atoms with Gasteiger partial charge in [-0.3, -0.25) is 0 Å². The van der Waals surface area contributed by atoms with Gasteiger partial charge in [0.2, 0.25) is 0 Å². The van der Waals surface area contributed by atoms with Crippen molar-refractivity contribution in [3.63, 3.8) is 0 Å². The second-order valence-corrected chi connectivity index (χ2v) is 2.45. The molecule has 1 atom stereocenters. The smallest absolute Gasteiger partial charge is 0.0624 e. The lowest BCUT2D eigenvalue weighted by Gasteiger charge is -2.17. The van der Waals surface area contributed by atoms with Crippen LogP contribution in [0.15, 0.2) is 0 Å². The molecular formula is C7H18N2O. The fraction of sp³-hybridized carbons (Fsp3) is 1.00. The van der Waals surface area contributed by atoms with Gasteiger partial charge in [-0.25, -0.2) is 0 Å². The Bertz CT molecular complexity index is 79.7. The molecule has 0 spiro atoms. The van der Waals surface area contributed by atoms with Gasteiger partial charge in [0, 0.05) is 6.54 Å². The molecule has 0 amide bonds. The van der Waals surface area contributed by atoms with Crippen LogP contribution in [0.1, 0.15) is 20.3 Å². The van der Waals surface area contributed by atoms with E-state index in [9.17, 15) is 0 Å². The van der Waals surface area contributed by atoms with Crippen molar-refractivity contribution in [3.05, 3.63) is 0 Å². The molecule has 4 N–H and O–H groups in total. The Balaban J connectivity index is 0.000000371. The SMILES string of the molecule is CC.NC1(CO)CCNC1. The van der Waals surface area contributed by atoms with E-state index in [2.05, 4.69) is 5.32 Å². The molecule has 0 aromatic carbocycles. The maximum Gasteiger partial charge on any atom is 0.0624 e. The van der Waals surface area contributed by atoms with Crippen LogP contribution in [0, 0.1) is 0 Å². The molecule has 0 aliphatic carbocycles. The van der Waals surface area contributed by atoms with Crippen LogP contribution < -0.4 is 11.1 Å². The van der Waals surface area contributed by atoms with Crippen molar-refractivity contribution < 1.29 is 5.11 Å². The molecule has 3 nitrogen and oxygen atoms in total. The van der Waals surface area contributed by atoms with Gasteiger partial charge in [0.25, 0.3) is 0 Å². The lowest BCUT2D eigenvalue weighted by atomic mass is 10.0. The molecule has 1 aliphatic heterocycles. The average molecular weight is 146 g/mol. The fourth-order valence-electron chi connectivity index (χ4n) is 0.898. The molecule has 0 bridgehead atoms. The molecule has 3 heteroatoms. The predicted octanol–water partition coefficient (Wildman–Crippen LogP) is -0.304. The minimum absolute atomic E-state index is 0.0972. The van der Waals surface area contributed by atoms with Crippen LogP contribution in [0.2, 0.25) is 0 Å². The lowest BCUT2D eigenvalue weighted by Crippen LogP contribution is -2.45.